The number of rotatable bonds is 5. The quantitative estimate of drug-likeness (QED) is 0.610. The Balaban J connectivity index is 1.61. The van der Waals surface area contributed by atoms with E-state index in [1.54, 1.807) is 0 Å². The summed E-state index contributed by atoms with van der Waals surface area (Å²) in [6.07, 6.45) is 0.512. The molecule has 1 aromatic heterocycles. The molecule has 1 atom stereocenters. The Morgan fingerprint density at radius 2 is 1.77 bits per heavy atom. The lowest BCUT2D eigenvalue weighted by Crippen LogP contribution is -2.42. The molecule has 1 aliphatic rings. The van der Waals surface area contributed by atoms with Crippen molar-refractivity contribution in [1.82, 2.24) is 14.5 Å². The molecule has 1 fully saturated rings. The van der Waals surface area contributed by atoms with Crippen molar-refractivity contribution in [2.24, 2.45) is 0 Å². The minimum atomic E-state index is -0.172. The Morgan fingerprint density at radius 1 is 1.07 bits per heavy atom. The summed E-state index contributed by atoms with van der Waals surface area (Å²) in [6.45, 7) is 12.4. The van der Waals surface area contributed by atoms with Crippen molar-refractivity contribution >= 4 is 16.9 Å². The molecule has 2 heterocycles. The highest BCUT2D eigenvalue weighted by Gasteiger charge is 2.38. The molecular formula is C25H31N3O2. The van der Waals surface area contributed by atoms with Crippen molar-refractivity contribution in [3.63, 3.8) is 0 Å². The Bertz CT molecular complexity index is 1060. The summed E-state index contributed by atoms with van der Waals surface area (Å²) in [5.74, 6) is 2.25. The van der Waals surface area contributed by atoms with Gasteiger partial charge in [0.25, 0.3) is 0 Å². The topological polar surface area (TPSA) is 47.4 Å². The highest BCUT2D eigenvalue weighted by molar-refractivity contribution is 5.81. The summed E-state index contributed by atoms with van der Waals surface area (Å²) in [6, 6.07) is 14.4. The van der Waals surface area contributed by atoms with Crippen LogP contribution in [0.1, 0.15) is 50.1 Å². The van der Waals surface area contributed by atoms with Gasteiger partial charge in [-0.1, -0.05) is 30.3 Å². The Labute approximate surface area is 178 Å². The van der Waals surface area contributed by atoms with E-state index in [0.29, 0.717) is 26.1 Å². The normalized spacial score (nSPS) is 17.2. The van der Waals surface area contributed by atoms with Gasteiger partial charge in [0.05, 0.1) is 17.6 Å². The molecule has 0 radical (unpaired) electrons. The van der Waals surface area contributed by atoms with Crippen molar-refractivity contribution in [2.45, 2.75) is 59.0 Å². The fourth-order valence-corrected chi connectivity index (χ4v) is 4.44. The van der Waals surface area contributed by atoms with Crippen molar-refractivity contribution in [3.8, 4) is 5.75 Å². The number of imidazole rings is 1. The van der Waals surface area contributed by atoms with Crippen LogP contribution in [0.5, 0.6) is 5.75 Å². The number of aromatic nitrogens is 2. The van der Waals surface area contributed by atoms with Crippen LogP contribution in [0.4, 0.5) is 0 Å². The lowest BCUT2D eigenvalue weighted by Gasteiger charge is -2.32. The molecule has 0 saturated carbocycles. The van der Waals surface area contributed by atoms with Crippen LogP contribution < -0.4 is 4.74 Å². The van der Waals surface area contributed by atoms with E-state index in [9.17, 15) is 4.79 Å². The molecule has 0 aliphatic carbocycles. The summed E-state index contributed by atoms with van der Waals surface area (Å²) < 4.78 is 8.42. The molecule has 158 valence electrons. The molecule has 0 N–H and O–H groups in total. The van der Waals surface area contributed by atoms with Crippen LogP contribution >= 0.6 is 0 Å². The van der Waals surface area contributed by atoms with Crippen molar-refractivity contribution in [3.05, 3.63) is 59.4 Å². The minimum absolute atomic E-state index is 0.101. The van der Waals surface area contributed by atoms with E-state index < -0.39 is 0 Å². The van der Waals surface area contributed by atoms with Gasteiger partial charge in [-0.25, -0.2) is 4.98 Å². The van der Waals surface area contributed by atoms with Gasteiger partial charge >= 0.3 is 0 Å². The molecule has 3 aromatic rings. The third-order valence-electron chi connectivity index (χ3n) is 5.95. The first-order chi connectivity index (χ1) is 14.3. The molecule has 0 bridgehead atoms. The molecule has 1 aliphatic heterocycles. The molecule has 30 heavy (non-hydrogen) atoms. The van der Waals surface area contributed by atoms with Crippen LogP contribution in [0.3, 0.4) is 0 Å². The molecule has 1 unspecified atom stereocenters. The molecule has 1 saturated heterocycles. The summed E-state index contributed by atoms with van der Waals surface area (Å²) in [5.41, 5.74) is 4.19. The van der Waals surface area contributed by atoms with Crippen LogP contribution in [0.25, 0.3) is 11.0 Å². The largest absolute Gasteiger partial charge is 0.491 e. The van der Waals surface area contributed by atoms with Gasteiger partial charge < -0.3 is 14.2 Å². The zero-order valence-corrected chi connectivity index (χ0v) is 18.6. The smallest absolute Gasteiger partial charge is 0.223 e. The van der Waals surface area contributed by atoms with E-state index in [2.05, 4.69) is 63.5 Å². The maximum atomic E-state index is 12.7. The van der Waals surface area contributed by atoms with Gasteiger partial charge in [0.15, 0.2) is 0 Å². The van der Waals surface area contributed by atoms with Crippen molar-refractivity contribution in [2.75, 3.05) is 13.2 Å². The number of carbonyl (C=O) groups excluding carboxylic acids is 1. The highest BCUT2D eigenvalue weighted by Crippen LogP contribution is 2.34. The number of carbonyl (C=O) groups is 1. The maximum absolute atomic E-state index is 12.7. The summed E-state index contributed by atoms with van der Waals surface area (Å²) in [7, 11) is 0. The van der Waals surface area contributed by atoms with Crippen LogP contribution in [-0.2, 0) is 11.3 Å². The zero-order chi connectivity index (χ0) is 21.5. The van der Waals surface area contributed by atoms with Gasteiger partial charge in [0, 0.05) is 24.4 Å². The van der Waals surface area contributed by atoms with Gasteiger partial charge in [0.1, 0.15) is 18.2 Å². The summed E-state index contributed by atoms with van der Waals surface area (Å²) >= 11 is 0. The standard InChI is InChI=1S/C25H31N3O2/c1-17-9-8-10-18(2)23(17)30-14-13-27-21-12-7-6-11-20(21)26-24(27)19-15-22(29)28(16-19)25(3,4)5/h6-12,19H,13-16H2,1-5H3. The molecule has 2 aromatic carbocycles. The lowest BCUT2D eigenvalue weighted by molar-refractivity contribution is -0.131. The fourth-order valence-electron chi connectivity index (χ4n) is 4.44. The molecule has 1 amide bonds. The van der Waals surface area contributed by atoms with Crippen molar-refractivity contribution in [1.29, 1.82) is 0 Å². The van der Waals surface area contributed by atoms with Gasteiger partial charge in [-0.05, 0) is 57.9 Å². The van der Waals surface area contributed by atoms with E-state index in [1.165, 1.54) is 0 Å². The molecule has 5 nitrogen and oxygen atoms in total. The first-order valence-electron chi connectivity index (χ1n) is 10.7. The monoisotopic (exact) mass is 405 g/mol. The summed E-state index contributed by atoms with van der Waals surface area (Å²) in [5, 5.41) is 0. The second kappa shape index (κ2) is 7.78. The number of fused-ring (bicyclic) bond motifs is 1. The molecule has 4 rings (SSSR count). The Kier molecular flexibility index (Phi) is 5.31. The number of aryl methyl sites for hydroxylation is 2. The van der Waals surface area contributed by atoms with Gasteiger partial charge in [-0.2, -0.15) is 0 Å². The Hall–Kier alpha value is -2.82. The third-order valence-corrected chi connectivity index (χ3v) is 5.95. The predicted octanol–water partition coefficient (Wildman–Crippen LogP) is 4.85. The number of para-hydroxylation sites is 3. The lowest BCUT2D eigenvalue weighted by atomic mass is 10.1. The first-order valence-corrected chi connectivity index (χ1v) is 10.7. The number of nitrogens with zero attached hydrogens (tertiary/aromatic N) is 3. The molecule has 0 spiro atoms. The van der Waals surface area contributed by atoms with E-state index in [0.717, 1.165) is 33.7 Å². The minimum Gasteiger partial charge on any atom is -0.491 e. The fraction of sp³-hybridized carbons (Fsp3) is 0.440. The summed E-state index contributed by atoms with van der Waals surface area (Å²) in [4.78, 5) is 19.6. The predicted molar refractivity (Wildman–Crippen MR) is 120 cm³/mol. The average molecular weight is 406 g/mol. The number of ether oxygens (including phenoxy) is 1. The number of likely N-dealkylation sites (tertiary alicyclic amines) is 1. The van der Waals surface area contributed by atoms with E-state index in [-0.39, 0.29) is 17.4 Å². The maximum Gasteiger partial charge on any atom is 0.223 e. The second-order valence-corrected chi connectivity index (χ2v) is 9.26. The van der Waals surface area contributed by atoms with Crippen molar-refractivity contribution < 1.29 is 9.53 Å². The highest BCUT2D eigenvalue weighted by atomic mass is 16.5. The van der Waals surface area contributed by atoms with E-state index in [1.807, 2.05) is 23.1 Å². The van der Waals surface area contributed by atoms with Crippen LogP contribution in [0.15, 0.2) is 42.5 Å². The second-order valence-electron chi connectivity index (χ2n) is 9.26. The van der Waals surface area contributed by atoms with Crippen LogP contribution in [0, 0.1) is 13.8 Å². The Morgan fingerprint density at radius 3 is 2.43 bits per heavy atom. The molecular weight excluding hydrogens is 374 g/mol. The number of benzene rings is 2. The van der Waals surface area contributed by atoms with E-state index in [4.69, 9.17) is 9.72 Å². The first kappa shape index (κ1) is 20.5. The van der Waals surface area contributed by atoms with Gasteiger partial charge in [0.2, 0.25) is 5.91 Å². The number of hydrogen-bond acceptors (Lipinski definition) is 3. The number of amides is 1. The van der Waals surface area contributed by atoms with Gasteiger partial charge in [-0.15, -0.1) is 0 Å². The van der Waals surface area contributed by atoms with Crippen LogP contribution in [0.2, 0.25) is 0 Å². The third kappa shape index (κ3) is 3.81. The van der Waals surface area contributed by atoms with E-state index >= 15 is 0 Å². The number of hydrogen-bond donors (Lipinski definition) is 0. The van der Waals surface area contributed by atoms with Gasteiger partial charge in [-0.3, -0.25) is 4.79 Å². The zero-order valence-electron chi connectivity index (χ0n) is 18.6. The average Bonchev–Trinajstić information content (AvgIpc) is 3.25. The SMILES string of the molecule is Cc1cccc(C)c1OCCn1c(C2CC(=O)N(C(C)(C)C)C2)nc2ccccc21. The molecule has 5 heteroatoms. The van der Waals surface area contributed by atoms with Crippen LogP contribution in [-0.4, -0.2) is 39.0 Å².